The third-order valence-electron chi connectivity index (χ3n) is 4.95. The van der Waals surface area contributed by atoms with Crippen LogP contribution in [0, 0.1) is 6.92 Å². The van der Waals surface area contributed by atoms with Crippen LogP contribution in [0.2, 0.25) is 0 Å². The van der Waals surface area contributed by atoms with E-state index in [-0.39, 0.29) is 5.91 Å². The van der Waals surface area contributed by atoms with E-state index >= 15 is 0 Å². The number of furan rings is 1. The molecule has 4 nitrogen and oxygen atoms in total. The van der Waals surface area contributed by atoms with Gasteiger partial charge >= 0.3 is 0 Å². The summed E-state index contributed by atoms with van der Waals surface area (Å²) in [6.45, 7) is 6.15. The molecule has 0 saturated carbocycles. The van der Waals surface area contributed by atoms with Crippen LogP contribution in [-0.2, 0) is 6.54 Å². The van der Waals surface area contributed by atoms with Crippen LogP contribution in [0.25, 0.3) is 11.0 Å². The number of amides is 1. The Morgan fingerprint density at radius 3 is 2.36 bits per heavy atom. The van der Waals surface area contributed by atoms with E-state index in [1.165, 1.54) is 5.56 Å². The van der Waals surface area contributed by atoms with Crippen molar-refractivity contribution >= 4 is 16.9 Å². The first kappa shape index (κ1) is 15.9. The second-order valence-electron chi connectivity index (χ2n) is 6.61. The molecule has 25 heavy (non-hydrogen) atoms. The van der Waals surface area contributed by atoms with Crippen molar-refractivity contribution < 1.29 is 9.21 Å². The van der Waals surface area contributed by atoms with E-state index in [1.807, 2.05) is 42.2 Å². The molecule has 3 aromatic rings. The smallest absolute Gasteiger partial charge is 0.289 e. The third-order valence-corrected chi connectivity index (χ3v) is 4.95. The number of piperazine rings is 1. The number of para-hydroxylation sites is 1. The van der Waals surface area contributed by atoms with Gasteiger partial charge in [-0.15, -0.1) is 0 Å². The highest BCUT2D eigenvalue weighted by atomic mass is 16.3. The van der Waals surface area contributed by atoms with E-state index in [0.29, 0.717) is 5.76 Å². The Labute approximate surface area is 147 Å². The van der Waals surface area contributed by atoms with Crippen LogP contribution in [0.15, 0.2) is 59.0 Å². The lowest BCUT2D eigenvalue weighted by Gasteiger charge is -2.34. The Bertz CT molecular complexity index is 877. The SMILES string of the molecule is Cc1c(C(=O)N2CCN(Cc3ccccc3)CC2)oc2ccccc12. The van der Waals surface area contributed by atoms with Crippen molar-refractivity contribution in [1.29, 1.82) is 0 Å². The highest BCUT2D eigenvalue weighted by molar-refractivity contribution is 5.98. The molecule has 1 aliphatic rings. The summed E-state index contributed by atoms with van der Waals surface area (Å²) in [4.78, 5) is 17.2. The molecule has 0 bridgehead atoms. The molecule has 128 valence electrons. The molecule has 1 aromatic heterocycles. The topological polar surface area (TPSA) is 36.7 Å². The maximum atomic E-state index is 12.9. The van der Waals surface area contributed by atoms with Crippen LogP contribution in [0.3, 0.4) is 0 Å². The first-order valence-corrected chi connectivity index (χ1v) is 8.76. The van der Waals surface area contributed by atoms with E-state index in [2.05, 4.69) is 29.2 Å². The minimum Gasteiger partial charge on any atom is -0.451 e. The van der Waals surface area contributed by atoms with Crippen molar-refractivity contribution in [3.05, 3.63) is 71.5 Å². The summed E-state index contributed by atoms with van der Waals surface area (Å²) in [6.07, 6.45) is 0. The number of nitrogens with zero attached hydrogens (tertiary/aromatic N) is 2. The molecular weight excluding hydrogens is 312 g/mol. The molecule has 1 fully saturated rings. The van der Waals surface area contributed by atoms with E-state index in [1.54, 1.807) is 0 Å². The number of rotatable bonds is 3. The normalized spacial score (nSPS) is 15.6. The minimum absolute atomic E-state index is 0.00746. The largest absolute Gasteiger partial charge is 0.451 e. The average molecular weight is 334 g/mol. The zero-order chi connectivity index (χ0) is 17.2. The monoisotopic (exact) mass is 334 g/mol. The van der Waals surface area contributed by atoms with Gasteiger partial charge in [0.25, 0.3) is 5.91 Å². The van der Waals surface area contributed by atoms with Gasteiger partial charge in [-0.1, -0.05) is 48.5 Å². The number of hydrogen-bond donors (Lipinski definition) is 0. The van der Waals surface area contributed by atoms with Crippen molar-refractivity contribution in [3.63, 3.8) is 0 Å². The van der Waals surface area contributed by atoms with Crippen LogP contribution in [0.4, 0.5) is 0 Å². The Hall–Kier alpha value is -2.59. The molecule has 2 aromatic carbocycles. The van der Waals surface area contributed by atoms with Gasteiger partial charge in [-0.25, -0.2) is 0 Å². The van der Waals surface area contributed by atoms with Crippen LogP contribution in [0.5, 0.6) is 0 Å². The number of carbonyl (C=O) groups excluding carboxylic acids is 1. The summed E-state index contributed by atoms with van der Waals surface area (Å²) in [7, 11) is 0. The van der Waals surface area contributed by atoms with E-state index in [4.69, 9.17) is 4.42 Å². The van der Waals surface area contributed by atoms with Gasteiger partial charge in [0.05, 0.1) is 0 Å². The van der Waals surface area contributed by atoms with Gasteiger partial charge in [0.15, 0.2) is 5.76 Å². The molecule has 0 N–H and O–H groups in total. The summed E-state index contributed by atoms with van der Waals surface area (Å²) < 4.78 is 5.83. The lowest BCUT2D eigenvalue weighted by atomic mass is 10.1. The number of carbonyl (C=O) groups is 1. The van der Waals surface area contributed by atoms with E-state index in [0.717, 1.165) is 49.3 Å². The predicted octanol–water partition coefficient (Wildman–Crippen LogP) is 3.70. The lowest BCUT2D eigenvalue weighted by molar-refractivity contribution is 0.0599. The molecule has 0 spiro atoms. The van der Waals surface area contributed by atoms with Crippen molar-refractivity contribution in [2.24, 2.45) is 0 Å². The molecule has 4 heteroatoms. The summed E-state index contributed by atoms with van der Waals surface area (Å²) in [6, 6.07) is 18.3. The third kappa shape index (κ3) is 3.17. The number of hydrogen-bond acceptors (Lipinski definition) is 3. The number of aryl methyl sites for hydroxylation is 1. The fraction of sp³-hybridized carbons (Fsp3) is 0.286. The van der Waals surface area contributed by atoms with E-state index < -0.39 is 0 Å². The molecule has 4 rings (SSSR count). The van der Waals surface area contributed by atoms with E-state index in [9.17, 15) is 4.79 Å². The molecule has 1 saturated heterocycles. The standard InChI is InChI=1S/C21H22N2O2/c1-16-18-9-5-6-10-19(18)25-20(16)21(24)23-13-11-22(12-14-23)15-17-7-3-2-4-8-17/h2-10H,11-15H2,1H3. The van der Waals surface area contributed by atoms with Crippen molar-refractivity contribution in [2.45, 2.75) is 13.5 Å². The van der Waals surface area contributed by atoms with Gasteiger partial charge in [-0.2, -0.15) is 0 Å². The second kappa shape index (κ2) is 6.73. The fourth-order valence-electron chi connectivity index (χ4n) is 3.47. The number of benzene rings is 2. The molecule has 0 aliphatic carbocycles. The molecule has 2 heterocycles. The molecule has 0 atom stereocenters. The molecule has 1 amide bonds. The summed E-state index contributed by atoms with van der Waals surface area (Å²) >= 11 is 0. The molecule has 0 radical (unpaired) electrons. The highest BCUT2D eigenvalue weighted by Gasteiger charge is 2.26. The Morgan fingerprint density at radius 1 is 0.960 bits per heavy atom. The average Bonchev–Trinajstić information content (AvgIpc) is 3.00. The minimum atomic E-state index is 0.00746. The summed E-state index contributed by atoms with van der Waals surface area (Å²) in [5.41, 5.74) is 3.04. The van der Waals surface area contributed by atoms with Gasteiger partial charge < -0.3 is 9.32 Å². The van der Waals surface area contributed by atoms with Gasteiger partial charge in [-0.05, 0) is 18.6 Å². The Kier molecular flexibility index (Phi) is 4.28. The van der Waals surface area contributed by atoms with Gasteiger partial charge in [0, 0.05) is 43.7 Å². The molecule has 0 unspecified atom stereocenters. The first-order valence-electron chi connectivity index (χ1n) is 8.76. The van der Waals surface area contributed by atoms with Crippen molar-refractivity contribution in [1.82, 2.24) is 9.80 Å². The predicted molar refractivity (Wildman–Crippen MR) is 98.6 cm³/mol. The summed E-state index contributed by atoms with van der Waals surface area (Å²) in [5, 5.41) is 1.02. The first-order chi connectivity index (χ1) is 12.2. The molecule has 1 aliphatic heterocycles. The molecular formula is C21H22N2O2. The lowest BCUT2D eigenvalue weighted by Crippen LogP contribution is -2.48. The Balaban J connectivity index is 1.43. The second-order valence-corrected chi connectivity index (χ2v) is 6.61. The van der Waals surface area contributed by atoms with Gasteiger partial charge in [-0.3, -0.25) is 9.69 Å². The maximum absolute atomic E-state index is 12.9. The zero-order valence-electron chi connectivity index (χ0n) is 14.4. The van der Waals surface area contributed by atoms with Crippen molar-refractivity contribution in [2.75, 3.05) is 26.2 Å². The number of fused-ring (bicyclic) bond motifs is 1. The highest BCUT2D eigenvalue weighted by Crippen LogP contribution is 2.26. The van der Waals surface area contributed by atoms with Gasteiger partial charge in [0.1, 0.15) is 5.58 Å². The van der Waals surface area contributed by atoms with Gasteiger partial charge in [0.2, 0.25) is 0 Å². The zero-order valence-corrected chi connectivity index (χ0v) is 14.4. The quantitative estimate of drug-likeness (QED) is 0.733. The van der Waals surface area contributed by atoms with Crippen LogP contribution in [-0.4, -0.2) is 41.9 Å². The fourth-order valence-corrected chi connectivity index (χ4v) is 3.47. The van der Waals surface area contributed by atoms with Crippen LogP contribution in [0.1, 0.15) is 21.7 Å². The van der Waals surface area contributed by atoms with Crippen molar-refractivity contribution in [3.8, 4) is 0 Å². The van der Waals surface area contributed by atoms with Crippen LogP contribution < -0.4 is 0 Å². The Morgan fingerprint density at radius 2 is 1.64 bits per heavy atom. The van der Waals surface area contributed by atoms with Crippen LogP contribution >= 0.6 is 0 Å². The summed E-state index contributed by atoms with van der Waals surface area (Å²) in [5.74, 6) is 0.491. The maximum Gasteiger partial charge on any atom is 0.289 e.